The molecule has 0 aliphatic heterocycles. The maximum absolute atomic E-state index is 8.67. The zero-order chi connectivity index (χ0) is 8.97. The normalized spacial score (nSPS) is 12.4. The van der Waals surface area contributed by atoms with Gasteiger partial charge in [-0.05, 0) is 12.5 Å². The highest BCUT2D eigenvalue weighted by Crippen LogP contribution is 2.14. The van der Waals surface area contributed by atoms with Crippen molar-refractivity contribution >= 4 is 11.3 Å². The van der Waals surface area contributed by atoms with E-state index in [9.17, 15) is 0 Å². The van der Waals surface area contributed by atoms with Gasteiger partial charge in [0.1, 0.15) is 6.07 Å². The fourth-order valence-electron chi connectivity index (χ4n) is 0.869. The average molecular weight is 182 g/mol. The van der Waals surface area contributed by atoms with Gasteiger partial charge in [0, 0.05) is 16.3 Å². The highest BCUT2D eigenvalue weighted by molar-refractivity contribution is 7.10. The summed E-state index contributed by atoms with van der Waals surface area (Å²) in [5, 5.41) is 19.0. The number of nitrogens with zero attached hydrogens (tertiary/aromatic N) is 1. The Morgan fingerprint density at radius 1 is 1.75 bits per heavy atom. The second kappa shape index (κ2) is 4.21. The Labute approximate surface area is 75.1 Å². The number of thiophene rings is 1. The summed E-state index contributed by atoms with van der Waals surface area (Å²) in [6.07, 6.45) is 0.642. The predicted molar refractivity (Wildman–Crippen MR) is 47.8 cm³/mol. The van der Waals surface area contributed by atoms with Gasteiger partial charge in [-0.2, -0.15) is 5.26 Å². The first-order valence-electron chi connectivity index (χ1n) is 3.60. The summed E-state index contributed by atoms with van der Waals surface area (Å²) in [5.41, 5.74) is 6.20. The molecule has 0 bridgehead atoms. The molecule has 1 unspecified atom stereocenters. The Hall–Kier alpha value is -0.890. The number of hydrogen-bond acceptors (Lipinski definition) is 4. The third-order valence-electron chi connectivity index (χ3n) is 1.48. The first kappa shape index (κ1) is 9.20. The van der Waals surface area contributed by atoms with Gasteiger partial charge < -0.3 is 10.8 Å². The zero-order valence-corrected chi connectivity index (χ0v) is 7.34. The van der Waals surface area contributed by atoms with Crippen LogP contribution in [0.2, 0.25) is 0 Å². The molecule has 1 aromatic heterocycles. The first-order valence-corrected chi connectivity index (χ1v) is 4.48. The van der Waals surface area contributed by atoms with E-state index >= 15 is 0 Å². The molecule has 1 atom stereocenters. The largest absolute Gasteiger partial charge is 0.395 e. The molecule has 0 aromatic carbocycles. The summed E-state index contributed by atoms with van der Waals surface area (Å²) in [6, 6.07) is 3.64. The summed E-state index contributed by atoms with van der Waals surface area (Å²) in [5.74, 6) is 0. The summed E-state index contributed by atoms with van der Waals surface area (Å²) >= 11 is 1.50. The van der Waals surface area contributed by atoms with Gasteiger partial charge in [0.15, 0.2) is 0 Å². The van der Waals surface area contributed by atoms with Gasteiger partial charge in [-0.15, -0.1) is 11.3 Å². The molecule has 3 nitrogen and oxygen atoms in total. The van der Waals surface area contributed by atoms with Crippen molar-refractivity contribution in [2.24, 2.45) is 5.73 Å². The van der Waals surface area contributed by atoms with E-state index in [1.165, 1.54) is 11.3 Å². The van der Waals surface area contributed by atoms with Crippen LogP contribution in [0, 0.1) is 11.3 Å². The third-order valence-corrected chi connectivity index (χ3v) is 2.44. The quantitative estimate of drug-likeness (QED) is 0.714. The van der Waals surface area contributed by atoms with Crippen molar-refractivity contribution in [3.63, 3.8) is 0 Å². The number of aliphatic hydroxyl groups excluding tert-OH is 1. The SMILES string of the molecule is N#Cc1csc(CC(N)CO)c1. The third kappa shape index (κ3) is 2.31. The molecule has 64 valence electrons. The highest BCUT2D eigenvalue weighted by atomic mass is 32.1. The van der Waals surface area contributed by atoms with Crippen LogP contribution < -0.4 is 5.73 Å². The standard InChI is InChI=1S/C8H10N2OS/c9-3-6-1-8(12-5-6)2-7(10)4-11/h1,5,7,11H,2,4,10H2. The first-order chi connectivity index (χ1) is 5.76. The lowest BCUT2D eigenvalue weighted by Gasteiger charge is -2.03. The molecule has 0 spiro atoms. The van der Waals surface area contributed by atoms with Crippen LogP contribution in [0.3, 0.4) is 0 Å². The van der Waals surface area contributed by atoms with E-state index < -0.39 is 0 Å². The smallest absolute Gasteiger partial charge is 0.100 e. The van der Waals surface area contributed by atoms with Crippen molar-refractivity contribution in [1.29, 1.82) is 5.26 Å². The molecule has 0 saturated carbocycles. The molecule has 12 heavy (non-hydrogen) atoms. The lowest BCUT2D eigenvalue weighted by atomic mass is 10.2. The van der Waals surface area contributed by atoms with E-state index in [0.717, 1.165) is 4.88 Å². The minimum atomic E-state index is -0.213. The molecule has 0 radical (unpaired) electrons. The van der Waals surface area contributed by atoms with Crippen LogP contribution in [0.4, 0.5) is 0 Å². The molecule has 1 rings (SSSR count). The maximum Gasteiger partial charge on any atom is 0.100 e. The minimum Gasteiger partial charge on any atom is -0.395 e. The molecule has 1 aromatic rings. The van der Waals surface area contributed by atoms with E-state index in [1.807, 2.05) is 6.07 Å². The molecule has 0 amide bonds. The monoisotopic (exact) mass is 182 g/mol. The second-order valence-electron chi connectivity index (χ2n) is 2.56. The van der Waals surface area contributed by atoms with Crippen molar-refractivity contribution in [2.75, 3.05) is 6.61 Å². The fourth-order valence-corrected chi connectivity index (χ4v) is 1.77. The van der Waals surface area contributed by atoms with Crippen molar-refractivity contribution in [3.05, 3.63) is 21.9 Å². The van der Waals surface area contributed by atoms with Crippen molar-refractivity contribution in [3.8, 4) is 6.07 Å². The molecule has 4 heteroatoms. The molecular weight excluding hydrogens is 172 g/mol. The van der Waals surface area contributed by atoms with Gasteiger partial charge in [0.05, 0.1) is 12.2 Å². The van der Waals surface area contributed by atoms with Crippen LogP contribution in [-0.2, 0) is 6.42 Å². The molecule has 1 heterocycles. The lowest BCUT2D eigenvalue weighted by Crippen LogP contribution is -2.26. The van der Waals surface area contributed by atoms with Crippen molar-refractivity contribution < 1.29 is 5.11 Å². The van der Waals surface area contributed by atoms with Crippen LogP contribution in [0.25, 0.3) is 0 Å². The highest BCUT2D eigenvalue weighted by Gasteiger charge is 2.04. The minimum absolute atomic E-state index is 0.0141. The summed E-state index contributed by atoms with van der Waals surface area (Å²) < 4.78 is 0. The van der Waals surface area contributed by atoms with Gasteiger partial charge in [-0.25, -0.2) is 0 Å². The van der Waals surface area contributed by atoms with E-state index in [4.69, 9.17) is 16.1 Å². The summed E-state index contributed by atoms with van der Waals surface area (Å²) in [4.78, 5) is 1.05. The maximum atomic E-state index is 8.67. The van der Waals surface area contributed by atoms with Crippen LogP contribution >= 0.6 is 11.3 Å². The van der Waals surface area contributed by atoms with Crippen LogP contribution in [0.5, 0.6) is 0 Å². The molecule has 0 aliphatic rings. The lowest BCUT2D eigenvalue weighted by molar-refractivity contribution is 0.265. The molecule has 3 N–H and O–H groups in total. The van der Waals surface area contributed by atoms with Crippen molar-refractivity contribution in [1.82, 2.24) is 0 Å². The molecular formula is C8H10N2OS. The Balaban J connectivity index is 2.59. The average Bonchev–Trinajstić information content (AvgIpc) is 2.52. The number of rotatable bonds is 3. The van der Waals surface area contributed by atoms with Crippen LogP contribution in [-0.4, -0.2) is 17.8 Å². The van der Waals surface area contributed by atoms with Gasteiger partial charge in [0.25, 0.3) is 0 Å². The van der Waals surface area contributed by atoms with Crippen molar-refractivity contribution in [2.45, 2.75) is 12.5 Å². The van der Waals surface area contributed by atoms with E-state index in [-0.39, 0.29) is 12.6 Å². The zero-order valence-electron chi connectivity index (χ0n) is 6.53. The van der Waals surface area contributed by atoms with E-state index in [2.05, 4.69) is 0 Å². The van der Waals surface area contributed by atoms with Crippen LogP contribution in [0.15, 0.2) is 11.4 Å². The number of hydrogen-bond donors (Lipinski definition) is 2. The Morgan fingerprint density at radius 2 is 2.50 bits per heavy atom. The number of nitrogens with two attached hydrogens (primary N) is 1. The van der Waals surface area contributed by atoms with Crippen LogP contribution in [0.1, 0.15) is 10.4 Å². The molecule has 0 saturated heterocycles. The predicted octanol–water partition coefficient (Wildman–Crippen LogP) is 0.482. The molecule has 0 aliphatic carbocycles. The number of aliphatic hydroxyl groups is 1. The van der Waals surface area contributed by atoms with Gasteiger partial charge in [-0.3, -0.25) is 0 Å². The van der Waals surface area contributed by atoms with Gasteiger partial charge >= 0.3 is 0 Å². The van der Waals surface area contributed by atoms with Gasteiger partial charge in [-0.1, -0.05) is 0 Å². The van der Waals surface area contributed by atoms with E-state index in [0.29, 0.717) is 12.0 Å². The van der Waals surface area contributed by atoms with Gasteiger partial charge in [0.2, 0.25) is 0 Å². The second-order valence-corrected chi connectivity index (χ2v) is 3.56. The summed E-state index contributed by atoms with van der Waals surface area (Å²) in [7, 11) is 0. The summed E-state index contributed by atoms with van der Waals surface area (Å²) in [6.45, 7) is -0.0141. The fraction of sp³-hybridized carbons (Fsp3) is 0.375. The molecule has 0 fully saturated rings. The Bertz CT molecular complexity index is 289. The Kier molecular flexibility index (Phi) is 3.23. The Morgan fingerprint density at radius 3 is 3.00 bits per heavy atom. The topological polar surface area (TPSA) is 70.0 Å². The van der Waals surface area contributed by atoms with E-state index in [1.54, 1.807) is 11.4 Å². The number of nitriles is 1.